The van der Waals surface area contributed by atoms with E-state index in [9.17, 15) is 8.42 Å². The van der Waals surface area contributed by atoms with E-state index < -0.39 is 10.0 Å². The van der Waals surface area contributed by atoms with Crippen LogP contribution in [0.2, 0.25) is 0 Å². The smallest absolute Gasteiger partial charge is 0.240 e. The van der Waals surface area contributed by atoms with Crippen molar-refractivity contribution < 1.29 is 22.6 Å². The number of sulfonamides is 1. The molecule has 7 nitrogen and oxygen atoms in total. The number of morpholine rings is 1. The molecule has 8 heteroatoms. The lowest BCUT2D eigenvalue weighted by atomic mass is 10.1. The SMILES string of the molecule is COc1ccc(S(=O)(=O)NCCCCN2CCOC(c3ccccc3)C2)cc1OC. The van der Waals surface area contributed by atoms with Crippen molar-refractivity contribution in [2.75, 3.05) is 47.0 Å². The van der Waals surface area contributed by atoms with E-state index >= 15 is 0 Å². The lowest BCUT2D eigenvalue weighted by Crippen LogP contribution is -2.39. The summed E-state index contributed by atoms with van der Waals surface area (Å²) in [6, 6.07) is 14.8. The van der Waals surface area contributed by atoms with E-state index in [1.165, 1.54) is 31.9 Å². The maximum absolute atomic E-state index is 12.5. The van der Waals surface area contributed by atoms with Crippen LogP contribution in [0.5, 0.6) is 11.5 Å². The highest BCUT2D eigenvalue weighted by Crippen LogP contribution is 2.29. The van der Waals surface area contributed by atoms with Gasteiger partial charge in [-0.15, -0.1) is 0 Å². The van der Waals surface area contributed by atoms with Crippen molar-refractivity contribution in [1.82, 2.24) is 9.62 Å². The van der Waals surface area contributed by atoms with Crippen molar-refractivity contribution in [2.24, 2.45) is 0 Å². The van der Waals surface area contributed by atoms with Gasteiger partial charge >= 0.3 is 0 Å². The van der Waals surface area contributed by atoms with Gasteiger partial charge in [0, 0.05) is 25.7 Å². The first-order chi connectivity index (χ1) is 14.5. The first-order valence-electron chi connectivity index (χ1n) is 10.1. The monoisotopic (exact) mass is 434 g/mol. The number of ether oxygens (including phenoxy) is 3. The minimum Gasteiger partial charge on any atom is -0.493 e. The molecule has 0 aromatic heterocycles. The molecule has 1 aliphatic heterocycles. The fraction of sp³-hybridized carbons (Fsp3) is 0.455. The summed E-state index contributed by atoms with van der Waals surface area (Å²) < 4.78 is 44.0. The maximum atomic E-state index is 12.5. The Morgan fingerprint density at radius 3 is 2.57 bits per heavy atom. The van der Waals surface area contributed by atoms with Crippen molar-refractivity contribution in [3.8, 4) is 11.5 Å². The molecule has 164 valence electrons. The summed E-state index contributed by atoms with van der Waals surface area (Å²) in [6.07, 6.45) is 1.78. The van der Waals surface area contributed by atoms with E-state index in [1.807, 2.05) is 18.2 Å². The zero-order chi connectivity index (χ0) is 21.4. The highest BCUT2D eigenvalue weighted by molar-refractivity contribution is 7.89. The third-order valence-electron chi connectivity index (χ3n) is 5.18. The summed E-state index contributed by atoms with van der Waals surface area (Å²) in [5, 5.41) is 0. The molecule has 1 heterocycles. The maximum Gasteiger partial charge on any atom is 0.240 e. The van der Waals surface area contributed by atoms with Crippen LogP contribution in [0.25, 0.3) is 0 Å². The number of methoxy groups -OCH3 is 2. The lowest BCUT2D eigenvalue weighted by molar-refractivity contribution is -0.0303. The molecular formula is C22H30N2O5S. The van der Waals surface area contributed by atoms with Crippen molar-refractivity contribution in [3.63, 3.8) is 0 Å². The fourth-order valence-electron chi connectivity index (χ4n) is 3.51. The van der Waals surface area contributed by atoms with Gasteiger partial charge in [-0.1, -0.05) is 30.3 Å². The first kappa shape index (κ1) is 22.6. The zero-order valence-electron chi connectivity index (χ0n) is 17.5. The van der Waals surface area contributed by atoms with Crippen LogP contribution in [0.4, 0.5) is 0 Å². The van der Waals surface area contributed by atoms with E-state index in [0.29, 0.717) is 24.7 Å². The standard InChI is InChI=1S/C22H30N2O5S/c1-27-20-11-10-19(16-21(20)28-2)30(25,26)23-12-6-7-13-24-14-15-29-22(17-24)18-8-4-3-5-9-18/h3-5,8-11,16,22-23H,6-7,12-15,17H2,1-2H3. The molecule has 0 aliphatic carbocycles. The molecule has 1 unspecified atom stereocenters. The number of benzene rings is 2. The van der Waals surface area contributed by atoms with Gasteiger partial charge in [0.15, 0.2) is 11.5 Å². The van der Waals surface area contributed by atoms with Gasteiger partial charge in [0.2, 0.25) is 10.0 Å². The average molecular weight is 435 g/mol. The van der Waals surface area contributed by atoms with E-state index in [2.05, 4.69) is 21.8 Å². The Morgan fingerprint density at radius 1 is 1.07 bits per heavy atom. The molecular weight excluding hydrogens is 404 g/mol. The highest BCUT2D eigenvalue weighted by Gasteiger charge is 2.21. The molecule has 0 amide bonds. The van der Waals surface area contributed by atoms with E-state index in [-0.39, 0.29) is 11.0 Å². The zero-order valence-corrected chi connectivity index (χ0v) is 18.4. The van der Waals surface area contributed by atoms with Crippen molar-refractivity contribution >= 4 is 10.0 Å². The summed E-state index contributed by atoms with van der Waals surface area (Å²) in [5.41, 5.74) is 1.20. The van der Waals surface area contributed by atoms with Crippen LogP contribution in [-0.4, -0.2) is 60.3 Å². The van der Waals surface area contributed by atoms with E-state index in [0.717, 1.165) is 32.5 Å². The Bertz CT molecular complexity index is 905. The van der Waals surface area contributed by atoms with Crippen LogP contribution in [-0.2, 0) is 14.8 Å². The summed E-state index contributed by atoms with van der Waals surface area (Å²) in [7, 11) is -0.591. The third-order valence-corrected chi connectivity index (χ3v) is 6.64. The number of unbranched alkanes of at least 4 members (excludes halogenated alkanes) is 1. The number of rotatable bonds is 10. The summed E-state index contributed by atoms with van der Waals surface area (Å²) in [6.45, 7) is 3.79. The largest absolute Gasteiger partial charge is 0.493 e. The van der Waals surface area contributed by atoms with Gasteiger partial charge in [-0.3, -0.25) is 4.90 Å². The predicted octanol–water partition coefficient (Wildman–Crippen LogP) is 2.84. The van der Waals surface area contributed by atoms with Crippen molar-refractivity contribution in [3.05, 3.63) is 54.1 Å². The molecule has 30 heavy (non-hydrogen) atoms. The highest BCUT2D eigenvalue weighted by atomic mass is 32.2. The molecule has 3 rings (SSSR count). The third kappa shape index (κ3) is 5.95. The Kier molecular flexibility index (Phi) is 8.09. The second-order valence-corrected chi connectivity index (χ2v) is 8.96. The molecule has 2 aromatic carbocycles. The predicted molar refractivity (Wildman–Crippen MR) is 116 cm³/mol. The fourth-order valence-corrected chi connectivity index (χ4v) is 4.60. The van der Waals surface area contributed by atoms with Gasteiger partial charge in [0.25, 0.3) is 0 Å². The molecule has 2 aromatic rings. The second kappa shape index (κ2) is 10.8. The minimum atomic E-state index is -3.59. The molecule has 1 fully saturated rings. The summed E-state index contributed by atoms with van der Waals surface area (Å²) in [4.78, 5) is 2.54. The van der Waals surface area contributed by atoms with Crippen LogP contribution >= 0.6 is 0 Å². The van der Waals surface area contributed by atoms with Gasteiger partial charge in [0.1, 0.15) is 0 Å². The minimum absolute atomic E-state index is 0.100. The van der Waals surface area contributed by atoms with Gasteiger partial charge in [-0.25, -0.2) is 13.1 Å². The van der Waals surface area contributed by atoms with Crippen molar-refractivity contribution in [1.29, 1.82) is 0 Å². The lowest BCUT2D eigenvalue weighted by Gasteiger charge is -2.33. The van der Waals surface area contributed by atoms with Crippen molar-refractivity contribution in [2.45, 2.75) is 23.8 Å². The van der Waals surface area contributed by atoms with Crippen LogP contribution in [0.3, 0.4) is 0 Å². The quantitative estimate of drug-likeness (QED) is 0.580. The normalized spacial score (nSPS) is 17.6. The topological polar surface area (TPSA) is 77.1 Å². The molecule has 1 aliphatic rings. The molecule has 0 saturated carbocycles. The molecule has 1 N–H and O–H groups in total. The van der Waals surface area contributed by atoms with Gasteiger partial charge in [-0.05, 0) is 37.1 Å². The number of nitrogens with one attached hydrogen (secondary N) is 1. The molecule has 0 spiro atoms. The van der Waals surface area contributed by atoms with E-state index in [1.54, 1.807) is 6.07 Å². The summed E-state index contributed by atoms with van der Waals surface area (Å²) >= 11 is 0. The Balaban J connectivity index is 1.43. The first-order valence-corrected chi connectivity index (χ1v) is 11.6. The summed E-state index contributed by atoms with van der Waals surface area (Å²) in [5.74, 6) is 0.886. The van der Waals surface area contributed by atoms with E-state index in [4.69, 9.17) is 14.2 Å². The molecule has 0 radical (unpaired) electrons. The Labute approximate surface area is 179 Å². The molecule has 1 saturated heterocycles. The number of nitrogens with zero attached hydrogens (tertiary/aromatic N) is 1. The Hall–Kier alpha value is -2.13. The second-order valence-electron chi connectivity index (χ2n) is 7.19. The molecule has 0 bridgehead atoms. The molecule has 1 atom stereocenters. The van der Waals surface area contributed by atoms with Crippen LogP contribution in [0.1, 0.15) is 24.5 Å². The van der Waals surface area contributed by atoms with Crippen LogP contribution in [0, 0.1) is 0 Å². The van der Waals surface area contributed by atoms with Crippen LogP contribution in [0.15, 0.2) is 53.4 Å². The van der Waals surface area contributed by atoms with Gasteiger partial charge in [-0.2, -0.15) is 0 Å². The Morgan fingerprint density at radius 2 is 1.83 bits per heavy atom. The van der Waals surface area contributed by atoms with Crippen LogP contribution < -0.4 is 14.2 Å². The van der Waals surface area contributed by atoms with Gasteiger partial charge < -0.3 is 14.2 Å². The average Bonchev–Trinajstić information content (AvgIpc) is 2.79. The number of hydrogen-bond donors (Lipinski definition) is 1. The van der Waals surface area contributed by atoms with Gasteiger partial charge in [0.05, 0.1) is 31.8 Å². The number of hydrogen-bond acceptors (Lipinski definition) is 6.